The van der Waals surface area contributed by atoms with Gasteiger partial charge in [-0.2, -0.15) is 0 Å². The first-order valence-electron chi connectivity index (χ1n) is 3.88. The Bertz CT molecular complexity index is 285. The van der Waals surface area contributed by atoms with Crippen LogP contribution in [0.1, 0.15) is 5.56 Å². The molecule has 0 spiro atoms. The van der Waals surface area contributed by atoms with Crippen molar-refractivity contribution < 1.29 is 0 Å². The van der Waals surface area contributed by atoms with E-state index in [0.717, 1.165) is 12.0 Å². The molecule has 0 bridgehead atoms. The minimum absolute atomic E-state index is 0.536. The smallest absolute Gasteiger partial charge is 0.0423 e. The lowest BCUT2D eigenvalue weighted by Gasteiger charge is -1.98. The van der Waals surface area contributed by atoms with Crippen LogP contribution in [-0.4, -0.2) is 5.88 Å². The third-order valence-electron chi connectivity index (χ3n) is 1.53. The monoisotopic (exact) mass is 234 g/mol. The summed E-state index contributed by atoms with van der Waals surface area (Å²) >= 11 is 17.1. The van der Waals surface area contributed by atoms with Gasteiger partial charge in [0.05, 0.1) is 0 Å². The lowest BCUT2D eigenvalue weighted by Crippen LogP contribution is -1.81. The maximum atomic E-state index is 5.83. The Balaban J connectivity index is 2.71. The molecule has 0 atom stereocenters. The molecule has 0 saturated heterocycles. The summed E-state index contributed by atoms with van der Waals surface area (Å²) in [6.07, 6.45) is 4.71. The highest BCUT2D eigenvalue weighted by Crippen LogP contribution is 2.19. The molecule has 3 heteroatoms. The Morgan fingerprint density at radius 2 is 1.62 bits per heavy atom. The van der Waals surface area contributed by atoms with Gasteiger partial charge in [0.1, 0.15) is 0 Å². The van der Waals surface area contributed by atoms with E-state index in [1.807, 2.05) is 24.3 Å². The highest BCUT2D eigenvalue weighted by molar-refractivity contribution is 6.34. The van der Waals surface area contributed by atoms with E-state index in [9.17, 15) is 0 Å². The second-order valence-corrected chi connectivity index (χ2v) is 3.79. The van der Waals surface area contributed by atoms with Gasteiger partial charge < -0.3 is 0 Å². The number of alkyl halides is 1. The standard InChI is InChI=1S/C10H9Cl3/c11-4-2-1-3-8-5-9(12)7-10(13)6-8/h1-2,5-7H,3-4H2/b2-1+. The summed E-state index contributed by atoms with van der Waals surface area (Å²) in [6.45, 7) is 0. The van der Waals surface area contributed by atoms with Gasteiger partial charge in [-0.25, -0.2) is 0 Å². The zero-order valence-corrected chi connectivity index (χ0v) is 9.20. The number of benzene rings is 1. The molecule has 0 N–H and O–H groups in total. The first kappa shape index (κ1) is 10.9. The Hall–Kier alpha value is -0.170. The molecular weight excluding hydrogens is 226 g/mol. The molecule has 0 aliphatic carbocycles. The molecule has 0 fully saturated rings. The van der Waals surface area contributed by atoms with Crippen LogP contribution in [0.5, 0.6) is 0 Å². The van der Waals surface area contributed by atoms with E-state index >= 15 is 0 Å². The Morgan fingerprint density at radius 1 is 1.00 bits per heavy atom. The van der Waals surface area contributed by atoms with Gasteiger partial charge in [0.15, 0.2) is 0 Å². The van der Waals surface area contributed by atoms with E-state index in [-0.39, 0.29) is 0 Å². The van der Waals surface area contributed by atoms with E-state index in [1.54, 1.807) is 6.07 Å². The van der Waals surface area contributed by atoms with Crippen molar-refractivity contribution >= 4 is 34.8 Å². The Kier molecular flexibility index (Phi) is 4.65. The van der Waals surface area contributed by atoms with Crippen LogP contribution in [0.25, 0.3) is 0 Å². The highest BCUT2D eigenvalue weighted by atomic mass is 35.5. The predicted octanol–water partition coefficient (Wildman–Crippen LogP) is 4.33. The Labute approximate surface area is 93.1 Å². The number of hydrogen-bond donors (Lipinski definition) is 0. The van der Waals surface area contributed by atoms with Crippen LogP contribution in [0.3, 0.4) is 0 Å². The minimum Gasteiger partial charge on any atom is -0.122 e. The molecule has 13 heavy (non-hydrogen) atoms. The number of rotatable bonds is 3. The highest BCUT2D eigenvalue weighted by Gasteiger charge is 1.95. The topological polar surface area (TPSA) is 0 Å². The second kappa shape index (κ2) is 5.54. The van der Waals surface area contributed by atoms with E-state index in [0.29, 0.717) is 15.9 Å². The first-order chi connectivity index (χ1) is 6.22. The SMILES string of the molecule is ClC/C=C/Cc1cc(Cl)cc(Cl)c1. The van der Waals surface area contributed by atoms with Crippen molar-refractivity contribution in [1.82, 2.24) is 0 Å². The van der Waals surface area contributed by atoms with Gasteiger partial charge in [-0.1, -0.05) is 35.4 Å². The van der Waals surface area contributed by atoms with Crippen LogP contribution in [0.2, 0.25) is 10.0 Å². The first-order valence-corrected chi connectivity index (χ1v) is 5.17. The number of halogens is 3. The third kappa shape index (κ3) is 4.04. The molecule has 0 radical (unpaired) electrons. The van der Waals surface area contributed by atoms with E-state index in [4.69, 9.17) is 34.8 Å². The maximum absolute atomic E-state index is 5.83. The van der Waals surface area contributed by atoms with Gasteiger partial charge in [0.25, 0.3) is 0 Å². The lowest BCUT2D eigenvalue weighted by molar-refractivity contribution is 1.26. The fourth-order valence-electron chi connectivity index (χ4n) is 1.01. The molecule has 0 nitrogen and oxygen atoms in total. The summed E-state index contributed by atoms with van der Waals surface area (Å²) in [7, 11) is 0. The van der Waals surface area contributed by atoms with Crippen LogP contribution < -0.4 is 0 Å². The second-order valence-electron chi connectivity index (χ2n) is 2.61. The van der Waals surface area contributed by atoms with Crippen molar-refractivity contribution in [1.29, 1.82) is 0 Å². The van der Waals surface area contributed by atoms with Crippen molar-refractivity contribution in [2.45, 2.75) is 6.42 Å². The van der Waals surface area contributed by atoms with Crippen LogP contribution in [-0.2, 0) is 6.42 Å². The average Bonchev–Trinajstić information content (AvgIpc) is 2.03. The molecule has 1 aromatic carbocycles. The van der Waals surface area contributed by atoms with E-state index in [1.165, 1.54) is 0 Å². The molecular formula is C10H9Cl3. The maximum Gasteiger partial charge on any atom is 0.0423 e. The lowest BCUT2D eigenvalue weighted by atomic mass is 10.1. The molecule has 0 aliphatic rings. The van der Waals surface area contributed by atoms with Crippen molar-refractivity contribution in [2.75, 3.05) is 5.88 Å². The minimum atomic E-state index is 0.536. The fourth-order valence-corrected chi connectivity index (χ4v) is 1.71. The predicted molar refractivity (Wildman–Crippen MR) is 60.0 cm³/mol. The van der Waals surface area contributed by atoms with Crippen LogP contribution in [0, 0.1) is 0 Å². The molecule has 70 valence electrons. The summed E-state index contributed by atoms with van der Waals surface area (Å²) in [5, 5.41) is 1.34. The molecule has 0 heterocycles. The largest absolute Gasteiger partial charge is 0.122 e. The van der Waals surface area contributed by atoms with Crippen molar-refractivity contribution in [2.24, 2.45) is 0 Å². The van der Waals surface area contributed by atoms with Gasteiger partial charge in [-0.05, 0) is 30.2 Å². The third-order valence-corrected chi connectivity index (χ3v) is 2.15. The summed E-state index contributed by atoms with van der Waals surface area (Å²) in [6, 6.07) is 5.51. The normalized spacial score (nSPS) is 11.0. The van der Waals surface area contributed by atoms with Crippen LogP contribution >= 0.6 is 34.8 Å². The van der Waals surface area contributed by atoms with Crippen molar-refractivity contribution in [3.63, 3.8) is 0 Å². The van der Waals surface area contributed by atoms with E-state index < -0.39 is 0 Å². The number of hydrogen-bond acceptors (Lipinski definition) is 0. The Morgan fingerprint density at radius 3 is 2.15 bits per heavy atom. The van der Waals surface area contributed by atoms with Gasteiger partial charge in [-0.3, -0.25) is 0 Å². The molecule has 0 amide bonds. The van der Waals surface area contributed by atoms with Gasteiger partial charge >= 0.3 is 0 Å². The van der Waals surface area contributed by atoms with Crippen molar-refractivity contribution in [3.05, 3.63) is 46.0 Å². The van der Waals surface area contributed by atoms with Gasteiger partial charge in [-0.15, -0.1) is 11.6 Å². The quantitative estimate of drug-likeness (QED) is 0.540. The van der Waals surface area contributed by atoms with Gasteiger partial charge in [0.2, 0.25) is 0 Å². The molecule has 1 aromatic rings. The van der Waals surface area contributed by atoms with Gasteiger partial charge in [0, 0.05) is 15.9 Å². The molecule has 0 aliphatic heterocycles. The molecule has 0 saturated carbocycles. The van der Waals surface area contributed by atoms with Crippen molar-refractivity contribution in [3.8, 4) is 0 Å². The summed E-state index contributed by atoms with van der Waals surface area (Å²) < 4.78 is 0. The van der Waals surface area contributed by atoms with Crippen LogP contribution in [0.15, 0.2) is 30.4 Å². The average molecular weight is 236 g/mol. The van der Waals surface area contributed by atoms with E-state index in [2.05, 4.69) is 0 Å². The summed E-state index contributed by atoms with van der Waals surface area (Å²) in [4.78, 5) is 0. The summed E-state index contributed by atoms with van der Waals surface area (Å²) in [5.41, 5.74) is 1.10. The fraction of sp³-hybridized carbons (Fsp3) is 0.200. The molecule has 0 aromatic heterocycles. The van der Waals surface area contributed by atoms with Crippen LogP contribution in [0.4, 0.5) is 0 Å². The molecule has 1 rings (SSSR count). The summed E-state index contributed by atoms with van der Waals surface area (Å²) in [5.74, 6) is 0.536. The zero-order valence-electron chi connectivity index (χ0n) is 6.93. The zero-order chi connectivity index (χ0) is 9.68. The number of allylic oxidation sites excluding steroid dienone is 2. The molecule has 0 unspecified atom stereocenters.